The van der Waals surface area contributed by atoms with Crippen molar-refractivity contribution < 1.29 is 19.0 Å². The number of methoxy groups -OCH3 is 1. The van der Waals surface area contributed by atoms with E-state index in [1.54, 1.807) is 26.3 Å². The number of nitrogens with zero attached hydrogens (tertiary/aromatic N) is 3. The smallest absolute Gasteiger partial charge is 0.252 e. The van der Waals surface area contributed by atoms with Gasteiger partial charge in [-0.2, -0.15) is 0 Å². The number of amidine groups is 1. The SMILES string of the molecule is COc1ccc(C2CCOCC2)c2c1CC(NC(=O)/C(C)=C/C=NCN1CC[C@]3(CCOC3)C1)=N2. The zero-order chi connectivity index (χ0) is 24.3. The Morgan fingerprint density at radius 3 is 2.91 bits per heavy atom. The third-order valence-corrected chi connectivity index (χ3v) is 7.77. The Morgan fingerprint density at radius 1 is 1.29 bits per heavy atom. The first-order chi connectivity index (χ1) is 17.1. The molecule has 3 fully saturated rings. The number of rotatable bonds is 6. The normalized spacial score (nSPS) is 25.4. The van der Waals surface area contributed by atoms with E-state index in [1.807, 2.05) is 6.07 Å². The summed E-state index contributed by atoms with van der Waals surface area (Å²) in [7, 11) is 1.68. The van der Waals surface area contributed by atoms with E-state index in [9.17, 15) is 4.79 Å². The minimum Gasteiger partial charge on any atom is -0.496 e. The quantitative estimate of drug-likeness (QED) is 0.499. The van der Waals surface area contributed by atoms with E-state index in [2.05, 4.69) is 21.3 Å². The third kappa shape index (κ3) is 5.34. The van der Waals surface area contributed by atoms with Crippen LogP contribution in [-0.2, 0) is 20.7 Å². The molecule has 188 valence electrons. The van der Waals surface area contributed by atoms with Crippen LogP contribution in [0.2, 0.25) is 0 Å². The van der Waals surface area contributed by atoms with Gasteiger partial charge in [0.15, 0.2) is 0 Å². The highest BCUT2D eigenvalue weighted by Crippen LogP contribution is 2.43. The maximum Gasteiger partial charge on any atom is 0.252 e. The van der Waals surface area contributed by atoms with Crippen LogP contribution in [0.5, 0.6) is 5.75 Å². The van der Waals surface area contributed by atoms with Crippen LogP contribution in [-0.4, -0.2) is 76.2 Å². The van der Waals surface area contributed by atoms with Crippen molar-refractivity contribution in [1.29, 1.82) is 0 Å². The van der Waals surface area contributed by atoms with E-state index in [0.29, 0.717) is 35.8 Å². The van der Waals surface area contributed by atoms with Gasteiger partial charge in [0, 0.05) is 62.1 Å². The molecule has 1 atom stereocenters. The zero-order valence-electron chi connectivity index (χ0n) is 20.8. The van der Waals surface area contributed by atoms with Crippen LogP contribution < -0.4 is 10.1 Å². The summed E-state index contributed by atoms with van der Waals surface area (Å²) in [6, 6.07) is 4.14. The molecule has 4 aliphatic heterocycles. The Kier molecular flexibility index (Phi) is 7.32. The molecule has 0 bridgehead atoms. The Balaban J connectivity index is 1.18. The summed E-state index contributed by atoms with van der Waals surface area (Å²) in [5.74, 6) is 1.74. The van der Waals surface area contributed by atoms with Crippen LogP contribution in [0.1, 0.15) is 49.7 Å². The van der Waals surface area contributed by atoms with Gasteiger partial charge in [-0.1, -0.05) is 6.07 Å². The molecule has 0 radical (unpaired) electrons. The molecule has 0 unspecified atom stereocenters. The van der Waals surface area contributed by atoms with E-state index in [4.69, 9.17) is 19.2 Å². The highest BCUT2D eigenvalue weighted by atomic mass is 16.5. The van der Waals surface area contributed by atoms with Crippen molar-refractivity contribution in [3.8, 4) is 5.75 Å². The first-order valence-electron chi connectivity index (χ1n) is 12.7. The summed E-state index contributed by atoms with van der Waals surface area (Å²) < 4.78 is 16.7. The van der Waals surface area contributed by atoms with E-state index in [-0.39, 0.29) is 5.91 Å². The monoisotopic (exact) mass is 480 g/mol. The van der Waals surface area contributed by atoms with Gasteiger partial charge < -0.3 is 19.5 Å². The summed E-state index contributed by atoms with van der Waals surface area (Å²) in [5.41, 5.74) is 4.16. The number of nitrogens with one attached hydrogen (secondary N) is 1. The number of benzene rings is 1. The largest absolute Gasteiger partial charge is 0.496 e. The van der Waals surface area contributed by atoms with Gasteiger partial charge >= 0.3 is 0 Å². The number of allylic oxidation sites excluding steroid dienone is 1. The number of hydrogen-bond donors (Lipinski definition) is 1. The van der Waals surface area contributed by atoms with Crippen molar-refractivity contribution in [2.24, 2.45) is 15.4 Å². The van der Waals surface area contributed by atoms with Gasteiger partial charge in [0.25, 0.3) is 5.91 Å². The third-order valence-electron chi connectivity index (χ3n) is 7.77. The van der Waals surface area contributed by atoms with Crippen LogP contribution >= 0.6 is 0 Å². The van der Waals surface area contributed by atoms with E-state index in [0.717, 1.165) is 75.8 Å². The summed E-state index contributed by atoms with van der Waals surface area (Å²) in [4.78, 5) is 24.5. The van der Waals surface area contributed by atoms with Crippen molar-refractivity contribution in [2.45, 2.75) is 44.9 Å². The summed E-state index contributed by atoms with van der Waals surface area (Å²) in [6.07, 6.45) is 8.39. The molecule has 3 saturated heterocycles. The summed E-state index contributed by atoms with van der Waals surface area (Å²) in [6.45, 7) is 7.88. The highest BCUT2D eigenvalue weighted by Gasteiger charge is 2.40. The van der Waals surface area contributed by atoms with Crippen LogP contribution in [0.15, 0.2) is 33.8 Å². The number of carbonyl (C=O) groups excluding carboxylic acids is 1. The Bertz CT molecular complexity index is 1040. The summed E-state index contributed by atoms with van der Waals surface area (Å²) >= 11 is 0. The summed E-state index contributed by atoms with van der Waals surface area (Å²) in [5, 5.41) is 3.00. The first kappa shape index (κ1) is 24.2. The van der Waals surface area contributed by atoms with Gasteiger partial charge in [0.05, 0.1) is 26.1 Å². The fourth-order valence-electron chi connectivity index (χ4n) is 5.63. The maximum absolute atomic E-state index is 12.8. The van der Waals surface area contributed by atoms with Gasteiger partial charge in [0.1, 0.15) is 11.6 Å². The van der Waals surface area contributed by atoms with Crippen molar-refractivity contribution >= 4 is 23.6 Å². The van der Waals surface area contributed by atoms with Crippen LogP contribution in [0.3, 0.4) is 0 Å². The number of hydrogen-bond acceptors (Lipinski definition) is 7. The van der Waals surface area contributed by atoms with Gasteiger partial charge in [-0.15, -0.1) is 0 Å². The molecule has 8 nitrogen and oxygen atoms in total. The van der Waals surface area contributed by atoms with Crippen molar-refractivity contribution in [2.75, 3.05) is 53.3 Å². The van der Waals surface area contributed by atoms with Gasteiger partial charge in [0.2, 0.25) is 0 Å². The van der Waals surface area contributed by atoms with Crippen LogP contribution in [0.25, 0.3) is 0 Å². The van der Waals surface area contributed by atoms with Crippen molar-refractivity contribution in [3.05, 3.63) is 34.9 Å². The maximum atomic E-state index is 12.8. The molecular formula is C27H36N4O4. The number of amides is 1. The molecular weight excluding hydrogens is 444 g/mol. The van der Waals surface area contributed by atoms with E-state index >= 15 is 0 Å². The lowest BCUT2D eigenvalue weighted by Crippen LogP contribution is -2.31. The Morgan fingerprint density at radius 2 is 2.14 bits per heavy atom. The predicted octanol–water partition coefficient (Wildman–Crippen LogP) is 3.38. The number of ether oxygens (including phenoxy) is 3. The number of carbonyl (C=O) groups is 1. The topological polar surface area (TPSA) is 84.8 Å². The molecule has 0 saturated carbocycles. The molecule has 1 amide bonds. The minimum atomic E-state index is -0.155. The second-order valence-corrected chi connectivity index (χ2v) is 10.2. The molecule has 0 aliphatic carbocycles. The lowest BCUT2D eigenvalue weighted by molar-refractivity contribution is -0.116. The molecule has 1 spiro atoms. The predicted molar refractivity (Wildman–Crippen MR) is 136 cm³/mol. The lowest BCUT2D eigenvalue weighted by Gasteiger charge is -2.24. The number of aliphatic imine (C=N–C) groups is 2. The molecule has 5 rings (SSSR count). The average Bonchev–Trinajstić information content (AvgIpc) is 3.62. The fraction of sp³-hybridized carbons (Fsp3) is 0.593. The fourth-order valence-corrected chi connectivity index (χ4v) is 5.63. The minimum absolute atomic E-state index is 0.155. The number of fused-ring (bicyclic) bond motifs is 1. The molecule has 1 aromatic rings. The van der Waals surface area contributed by atoms with Crippen LogP contribution in [0, 0.1) is 5.41 Å². The second kappa shape index (κ2) is 10.6. The molecule has 1 aromatic carbocycles. The molecule has 1 N–H and O–H groups in total. The standard InChI is InChI=1S/C27H36N4O4/c1-19(5-10-28-18-31-11-8-27(16-31)9-14-35-17-27)26(32)30-24-15-22-23(33-2)4-3-21(25(22)29-24)20-6-12-34-13-7-20/h3-5,10,20H,6-9,11-18H2,1-2H3,(H,29,30,32)/b19-5+,28-10?/t27-/m0/s1. The van der Waals surface area contributed by atoms with E-state index < -0.39 is 0 Å². The Hall–Kier alpha value is -2.55. The van der Waals surface area contributed by atoms with E-state index in [1.165, 1.54) is 12.0 Å². The molecule has 4 aliphatic rings. The molecule has 8 heteroatoms. The second-order valence-electron chi connectivity index (χ2n) is 10.2. The van der Waals surface area contributed by atoms with Crippen molar-refractivity contribution in [3.63, 3.8) is 0 Å². The zero-order valence-corrected chi connectivity index (χ0v) is 20.8. The number of likely N-dealkylation sites (tertiary alicyclic amines) is 1. The first-order valence-corrected chi connectivity index (χ1v) is 12.7. The van der Waals surface area contributed by atoms with Gasteiger partial charge in [-0.25, -0.2) is 4.99 Å². The molecule has 35 heavy (non-hydrogen) atoms. The lowest BCUT2D eigenvalue weighted by atomic mass is 9.87. The van der Waals surface area contributed by atoms with Crippen molar-refractivity contribution in [1.82, 2.24) is 10.2 Å². The Labute approximate surface area is 207 Å². The van der Waals surface area contributed by atoms with Gasteiger partial charge in [-0.3, -0.25) is 14.7 Å². The van der Waals surface area contributed by atoms with Crippen LogP contribution in [0.4, 0.5) is 5.69 Å². The molecule has 0 aromatic heterocycles. The molecule has 4 heterocycles. The van der Waals surface area contributed by atoms with Gasteiger partial charge in [-0.05, 0) is 56.2 Å². The highest BCUT2D eigenvalue weighted by molar-refractivity contribution is 6.10. The average molecular weight is 481 g/mol.